The summed E-state index contributed by atoms with van der Waals surface area (Å²) in [7, 11) is 0. The number of esters is 1. The summed E-state index contributed by atoms with van der Waals surface area (Å²) in [6.07, 6.45) is -1.03. The molecule has 138 valence electrons. The van der Waals surface area contributed by atoms with Crippen molar-refractivity contribution >= 4 is 29.5 Å². The van der Waals surface area contributed by atoms with Crippen LogP contribution < -0.4 is 10.2 Å². The normalized spacial score (nSPS) is 20.9. The van der Waals surface area contributed by atoms with E-state index in [0.29, 0.717) is 6.54 Å². The maximum Gasteiger partial charge on any atom is 0.324 e. The highest BCUT2D eigenvalue weighted by Gasteiger charge is 2.38. The first kappa shape index (κ1) is 17.9. The first-order valence-corrected chi connectivity index (χ1v) is 8.53. The molecule has 8 heteroatoms. The van der Waals surface area contributed by atoms with Crippen LogP contribution in [-0.4, -0.2) is 54.5 Å². The van der Waals surface area contributed by atoms with Gasteiger partial charge >= 0.3 is 12.0 Å². The summed E-state index contributed by atoms with van der Waals surface area (Å²) in [5.74, 6) is -1.96. The zero-order chi connectivity index (χ0) is 18.8. The summed E-state index contributed by atoms with van der Waals surface area (Å²) in [6.45, 7) is 4.23. The van der Waals surface area contributed by atoms with Gasteiger partial charge in [-0.05, 0) is 26.0 Å². The molecule has 0 aromatic heterocycles. The van der Waals surface area contributed by atoms with E-state index in [4.69, 9.17) is 4.74 Å². The summed E-state index contributed by atoms with van der Waals surface area (Å²) in [5.41, 5.74) is 1.81. The number of nitrogens with one attached hydrogen (secondary N) is 1. The average molecular weight is 359 g/mol. The van der Waals surface area contributed by atoms with E-state index in [-0.39, 0.29) is 25.4 Å². The second-order valence-electron chi connectivity index (χ2n) is 6.54. The summed E-state index contributed by atoms with van der Waals surface area (Å²) < 4.78 is 5.22. The van der Waals surface area contributed by atoms with Crippen LogP contribution >= 0.6 is 0 Å². The van der Waals surface area contributed by atoms with Gasteiger partial charge in [0.1, 0.15) is 0 Å². The van der Waals surface area contributed by atoms with Crippen LogP contribution in [0.15, 0.2) is 24.3 Å². The molecule has 8 nitrogen and oxygen atoms in total. The van der Waals surface area contributed by atoms with Gasteiger partial charge < -0.3 is 15.0 Å². The zero-order valence-corrected chi connectivity index (χ0v) is 14.7. The highest BCUT2D eigenvalue weighted by Crippen LogP contribution is 2.26. The van der Waals surface area contributed by atoms with Gasteiger partial charge in [0.25, 0.3) is 5.91 Å². The van der Waals surface area contributed by atoms with Crippen LogP contribution in [0.5, 0.6) is 0 Å². The molecule has 2 heterocycles. The minimum Gasteiger partial charge on any atom is -0.452 e. The molecule has 0 aliphatic carbocycles. The molecule has 2 atom stereocenters. The number of amides is 4. The SMILES string of the molecule is Cc1ccc(N2C[C@H](C(=O)O[C@@H](C)C(=O)N3CCNC3=O)CC2=O)cc1. The van der Waals surface area contributed by atoms with Crippen LogP contribution in [0.4, 0.5) is 10.5 Å². The molecular formula is C18H21N3O5. The van der Waals surface area contributed by atoms with Crippen LogP contribution in [0.25, 0.3) is 0 Å². The molecule has 1 aromatic rings. The van der Waals surface area contributed by atoms with Crippen molar-refractivity contribution in [1.82, 2.24) is 10.2 Å². The molecule has 2 aliphatic heterocycles. The van der Waals surface area contributed by atoms with Gasteiger partial charge in [0.2, 0.25) is 5.91 Å². The van der Waals surface area contributed by atoms with E-state index in [1.807, 2.05) is 31.2 Å². The molecule has 3 rings (SSSR count). The second kappa shape index (κ2) is 7.15. The Balaban J connectivity index is 1.60. The molecule has 2 saturated heterocycles. The highest BCUT2D eigenvalue weighted by molar-refractivity contribution is 6.01. The quantitative estimate of drug-likeness (QED) is 0.804. The van der Waals surface area contributed by atoms with Gasteiger partial charge in [0.05, 0.1) is 5.92 Å². The van der Waals surface area contributed by atoms with Crippen LogP contribution in [0.3, 0.4) is 0 Å². The zero-order valence-electron chi connectivity index (χ0n) is 14.7. The first-order valence-electron chi connectivity index (χ1n) is 8.53. The lowest BCUT2D eigenvalue weighted by molar-refractivity contribution is -0.160. The number of hydrogen-bond donors (Lipinski definition) is 1. The molecule has 2 aliphatic rings. The van der Waals surface area contributed by atoms with Crippen LogP contribution in [0.1, 0.15) is 18.9 Å². The van der Waals surface area contributed by atoms with E-state index in [1.54, 1.807) is 4.90 Å². The Morgan fingerprint density at radius 3 is 2.54 bits per heavy atom. The fourth-order valence-electron chi connectivity index (χ4n) is 3.06. The van der Waals surface area contributed by atoms with Gasteiger partial charge in [0.15, 0.2) is 6.10 Å². The number of rotatable bonds is 4. The van der Waals surface area contributed by atoms with Crippen molar-refractivity contribution in [1.29, 1.82) is 0 Å². The number of hydrogen-bond acceptors (Lipinski definition) is 5. The monoisotopic (exact) mass is 359 g/mol. The number of nitrogens with zero attached hydrogens (tertiary/aromatic N) is 2. The Labute approximate surface area is 151 Å². The molecule has 1 aromatic carbocycles. The summed E-state index contributed by atoms with van der Waals surface area (Å²) in [4.78, 5) is 50.9. The largest absolute Gasteiger partial charge is 0.452 e. The maximum atomic E-state index is 12.4. The Morgan fingerprint density at radius 2 is 1.92 bits per heavy atom. The Hall–Kier alpha value is -2.90. The standard InChI is InChI=1S/C18H21N3O5/c1-11-3-5-14(6-4-11)21-10-13(9-15(21)22)17(24)26-12(2)16(23)20-8-7-19-18(20)25/h3-6,12-13H,7-10H2,1-2H3,(H,19,25)/t12-,13+/m0/s1. The third-order valence-electron chi connectivity index (χ3n) is 4.57. The van der Waals surface area contributed by atoms with Gasteiger partial charge in [-0.3, -0.25) is 19.3 Å². The number of urea groups is 1. The van der Waals surface area contributed by atoms with Crippen LogP contribution in [0.2, 0.25) is 0 Å². The molecule has 0 bridgehead atoms. The summed E-state index contributed by atoms with van der Waals surface area (Å²) >= 11 is 0. The number of carbonyl (C=O) groups excluding carboxylic acids is 4. The number of imide groups is 1. The molecule has 0 saturated carbocycles. The smallest absolute Gasteiger partial charge is 0.324 e. The van der Waals surface area contributed by atoms with Crippen molar-refractivity contribution in [3.05, 3.63) is 29.8 Å². The van der Waals surface area contributed by atoms with E-state index >= 15 is 0 Å². The average Bonchev–Trinajstić information content (AvgIpc) is 3.20. The first-order chi connectivity index (χ1) is 12.4. The van der Waals surface area contributed by atoms with Gasteiger partial charge in [-0.2, -0.15) is 0 Å². The number of carbonyl (C=O) groups is 4. The molecule has 1 N–H and O–H groups in total. The topological polar surface area (TPSA) is 96.0 Å². The third-order valence-corrected chi connectivity index (χ3v) is 4.57. The van der Waals surface area contributed by atoms with Gasteiger partial charge in [0, 0.05) is 31.7 Å². The lowest BCUT2D eigenvalue weighted by Gasteiger charge is -2.20. The van der Waals surface area contributed by atoms with Crippen molar-refractivity contribution in [2.75, 3.05) is 24.5 Å². The van der Waals surface area contributed by atoms with Gasteiger partial charge in [-0.1, -0.05) is 17.7 Å². The molecule has 2 fully saturated rings. The predicted octanol–water partition coefficient (Wildman–Crippen LogP) is 0.831. The number of ether oxygens (including phenoxy) is 1. The van der Waals surface area contributed by atoms with Crippen molar-refractivity contribution in [3.63, 3.8) is 0 Å². The van der Waals surface area contributed by atoms with Crippen molar-refractivity contribution in [3.8, 4) is 0 Å². The van der Waals surface area contributed by atoms with Crippen LogP contribution in [0, 0.1) is 12.8 Å². The lowest BCUT2D eigenvalue weighted by atomic mass is 10.1. The van der Waals surface area contributed by atoms with E-state index < -0.39 is 29.9 Å². The minimum atomic E-state index is -1.07. The molecule has 0 radical (unpaired) electrons. The van der Waals surface area contributed by atoms with E-state index in [9.17, 15) is 19.2 Å². The Kier molecular flexibility index (Phi) is 4.92. The summed E-state index contributed by atoms with van der Waals surface area (Å²) in [6, 6.07) is 6.98. The number of benzene rings is 1. The minimum absolute atomic E-state index is 0.0395. The molecule has 0 spiro atoms. The fraction of sp³-hybridized carbons (Fsp3) is 0.444. The van der Waals surface area contributed by atoms with Gasteiger partial charge in [-0.25, -0.2) is 4.79 Å². The second-order valence-corrected chi connectivity index (χ2v) is 6.54. The maximum absolute atomic E-state index is 12.4. The highest BCUT2D eigenvalue weighted by atomic mass is 16.5. The lowest BCUT2D eigenvalue weighted by Crippen LogP contribution is -2.42. The molecule has 0 unspecified atom stereocenters. The number of aryl methyl sites for hydroxylation is 1. The van der Waals surface area contributed by atoms with Crippen molar-refractivity contribution in [2.45, 2.75) is 26.4 Å². The van der Waals surface area contributed by atoms with Crippen LogP contribution in [-0.2, 0) is 19.1 Å². The van der Waals surface area contributed by atoms with E-state index in [1.165, 1.54) is 6.92 Å². The van der Waals surface area contributed by atoms with E-state index in [2.05, 4.69) is 5.32 Å². The predicted molar refractivity (Wildman–Crippen MR) is 92.3 cm³/mol. The van der Waals surface area contributed by atoms with Crippen molar-refractivity contribution in [2.24, 2.45) is 5.92 Å². The molecule has 4 amide bonds. The van der Waals surface area contributed by atoms with Crippen molar-refractivity contribution < 1.29 is 23.9 Å². The molecular weight excluding hydrogens is 338 g/mol. The number of anilines is 1. The Bertz CT molecular complexity index is 746. The fourth-order valence-corrected chi connectivity index (χ4v) is 3.06. The Morgan fingerprint density at radius 1 is 1.23 bits per heavy atom. The van der Waals surface area contributed by atoms with Gasteiger partial charge in [-0.15, -0.1) is 0 Å². The summed E-state index contributed by atoms with van der Waals surface area (Å²) in [5, 5.41) is 2.52. The third kappa shape index (κ3) is 3.54. The molecule has 26 heavy (non-hydrogen) atoms. The van der Waals surface area contributed by atoms with E-state index in [0.717, 1.165) is 16.2 Å².